The molecule has 0 saturated heterocycles. The standard InChI is InChI=1S/C12H8O2/c1-5-11(7-9-13-3)12(6-2)8-10-14-4/h1-2H,3-4H3/b12-11+. The Kier molecular flexibility index (Phi) is 5.99. The van der Waals surface area contributed by atoms with Crippen LogP contribution in [0.25, 0.3) is 0 Å². The van der Waals surface area contributed by atoms with Crippen LogP contribution in [0.1, 0.15) is 0 Å². The molecule has 0 fully saturated rings. The van der Waals surface area contributed by atoms with Gasteiger partial charge in [-0.1, -0.05) is 11.8 Å². The molecule has 2 heteroatoms. The van der Waals surface area contributed by atoms with Crippen LogP contribution in [-0.2, 0) is 9.47 Å². The first-order chi connectivity index (χ1) is 6.79. The van der Waals surface area contributed by atoms with Crippen molar-refractivity contribution in [2.75, 3.05) is 14.2 Å². The third kappa shape index (κ3) is 3.82. The van der Waals surface area contributed by atoms with Gasteiger partial charge < -0.3 is 9.47 Å². The van der Waals surface area contributed by atoms with Crippen LogP contribution in [0, 0.1) is 48.7 Å². The summed E-state index contributed by atoms with van der Waals surface area (Å²) in [5.41, 5.74) is 0.609. The second-order valence-corrected chi connectivity index (χ2v) is 1.90. The molecule has 68 valence electrons. The molecule has 0 atom stereocenters. The van der Waals surface area contributed by atoms with Crippen LogP contribution < -0.4 is 0 Å². The van der Waals surface area contributed by atoms with Gasteiger partial charge in [-0.05, 0) is 11.8 Å². The lowest BCUT2D eigenvalue weighted by atomic mass is 10.1. The summed E-state index contributed by atoms with van der Waals surface area (Å²) in [7, 11) is 2.86. The summed E-state index contributed by atoms with van der Waals surface area (Å²) in [5.74, 6) is 9.74. The van der Waals surface area contributed by atoms with E-state index in [1.54, 1.807) is 0 Å². The Labute approximate surface area is 84.3 Å². The summed E-state index contributed by atoms with van der Waals surface area (Å²) in [6.07, 6.45) is 15.1. The van der Waals surface area contributed by atoms with E-state index in [0.29, 0.717) is 11.1 Å². The van der Waals surface area contributed by atoms with E-state index in [1.165, 1.54) is 14.2 Å². The van der Waals surface area contributed by atoms with Gasteiger partial charge >= 0.3 is 0 Å². The van der Waals surface area contributed by atoms with Gasteiger partial charge in [0.2, 0.25) is 0 Å². The number of ether oxygens (including phenoxy) is 2. The third-order valence-corrected chi connectivity index (χ3v) is 1.09. The molecule has 0 bridgehead atoms. The number of hydrogen-bond acceptors (Lipinski definition) is 2. The highest BCUT2D eigenvalue weighted by molar-refractivity contribution is 5.58. The molecule has 0 heterocycles. The Morgan fingerprint density at radius 2 is 1.21 bits per heavy atom. The molecular formula is C12H8O2. The number of hydrogen-bond donors (Lipinski definition) is 0. The Balaban J connectivity index is 5.18. The van der Waals surface area contributed by atoms with Gasteiger partial charge in [-0.2, -0.15) is 0 Å². The van der Waals surface area contributed by atoms with Gasteiger partial charge in [-0.25, -0.2) is 0 Å². The molecule has 0 rings (SSSR count). The second-order valence-electron chi connectivity index (χ2n) is 1.90. The first kappa shape index (κ1) is 11.6. The maximum absolute atomic E-state index is 5.19. The zero-order valence-corrected chi connectivity index (χ0v) is 7.97. The van der Waals surface area contributed by atoms with Crippen molar-refractivity contribution in [3.63, 3.8) is 0 Å². The molecule has 0 aromatic carbocycles. The van der Waals surface area contributed by atoms with Gasteiger partial charge in [-0.15, -0.1) is 12.8 Å². The van der Waals surface area contributed by atoms with Crippen LogP contribution in [0.3, 0.4) is 0 Å². The van der Waals surface area contributed by atoms with Gasteiger partial charge in [0.05, 0.1) is 14.2 Å². The van der Waals surface area contributed by atoms with Crippen LogP contribution in [0.2, 0.25) is 0 Å². The SMILES string of the molecule is C#C/C(C#COC)=C(/C#C)C#COC. The van der Waals surface area contributed by atoms with E-state index in [1.807, 2.05) is 0 Å². The van der Waals surface area contributed by atoms with Crippen molar-refractivity contribution in [1.82, 2.24) is 0 Å². The molecule has 0 aliphatic heterocycles. The fourth-order valence-corrected chi connectivity index (χ4v) is 0.546. The third-order valence-electron chi connectivity index (χ3n) is 1.09. The molecule has 0 aliphatic rings. The molecule has 0 spiro atoms. The highest BCUT2D eigenvalue weighted by Gasteiger charge is 1.95. The minimum Gasteiger partial charge on any atom is -0.450 e. The largest absolute Gasteiger partial charge is 0.450 e. The topological polar surface area (TPSA) is 18.5 Å². The van der Waals surface area contributed by atoms with Crippen LogP contribution in [-0.4, -0.2) is 14.2 Å². The van der Waals surface area contributed by atoms with Gasteiger partial charge in [0, 0.05) is 0 Å². The van der Waals surface area contributed by atoms with Gasteiger partial charge in [0.15, 0.2) is 0 Å². The van der Waals surface area contributed by atoms with Crippen molar-refractivity contribution in [3.8, 4) is 48.7 Å². The van der Waals surface area contributed by atoms with Crippen LogP contribution >= 0.6 is 0 Å². The molecule has 0 aliphatic carbocycles. The summed E-state index contributed by atoms with van der Waals surface area (Å²) in [5, 5.41) is 0. The van der Waals surface area contributed by atoms with Crippen LogP contribution in [0.15, 0.2) is 11.1 Å². The summed E-state index contributed by atoms with van der Waals surface area (Å²) >= 11 is 0. The zero-order valence-electron chi connectivity index (χ0n) is 7.97. The summed E-state index contributed by atoms with van der Waals surface area (Å²) in [6, 6.07) is 0. The van der Waals surface area contributed by atoms with Crippen molar-refractivity contribution in [3.05, 3.63) is 11.1 Å². The molecule has 0 amide bonds. The van der Waals surface area contributed by atoms with E-state index in [2.05, 4.69) is 45.4 Å². The van der Waals surface area contributed by atoms with Crippen molar-refractivity contribution >= 4 is 0 Å². The smallest absolute Gasteiger partial charge is 0.116 e. The van der Waals surface area contributed by atoms with Gasteiger partial charge in [0.25, 0.3) is 0 Å². The Morgan fingerprint density at radius 3 is 1.43 bits per heavy atom. The summed E-state index contributed by atoms with van der Waals surface area (Å²) < 4.78 is 9.07. The Hall–Kier alpha value is -2.42. The predicted octanol–water partition coefficient (Wildman–Crippen LogP) is 0.764. The fraction of sp³-hybridized carbons (Fsp3) is 0.167. The maximum atomic E-state index is 5.19. The van der Waals surface area contributed by atoms with E-state index in [0.717, 1.165) is 0 Å². The van der Waals surface area contributed by atoms with Crippen molar-refractivity contribution in [2.24, 2.45) is 0 Å². The maximum Gasteiger partial charge on any atom is 0.116 e. The molecule has 0 aromatic rings. The zero-order chi connectivity index (χ0) is 10.8. The van der Waals surface area contributed by atoms with E-state index in [-0.39, 0.29) is 0 Å². The lowest BCUT2D eigenvalue weighted by Gasteiger charge is -1.88. The number of methoxy groups -OCH3 is 2. The molecule has 2 nitrogen and oxygen atoms in total. The van der Waals surface area contributed by atoms with Crippen molar-refractivity contribution in [2.45, 2.75) is 0 Å². The van der Waals surface area contributed by atoms with Crippen molar-refractivity contribution < 1.29 is 9.47 Å². The average Bonchev–Trinajstić information content (AvgIpc) is 2.23. The van der Waals surface area contributed by atoms with E-state index in [4.69, 9.17) is 12.8 Å². The molecule has 14 heavy (non-hydrogen) atoms. The molecule has 0 radical (unpaired) electrons. The normalized spacial score (nSPS) is 8.57. The van der Waals surface area contributed by atoms with Gasteiger partial charge in [-0.3, -0.25) is 0 Å². The second kappa shape index (κ2) is 7.24. The fourth-order valence-electron chi connectivity index (χ4n) is 0.546. The van der Waals surface area contributed by atoms with E-state index < -0.39 is 0 Å². The molecule has 0 N–H and O–H groups in total. The van der Waals surface area contributed by atoms with Crippen LogP contribution in [0.5, 0.6) is 0 Å². The Bertz CT molecular complexity index is 377. The van der Waals surface area contributed by atoms with Crippen molar-refractivity contribution in [1.29, 1.82) is 0 Å². The first-order valence-corrected chi connectivity index (χ1v) is 3.55. The lowest BCUT2D eigenvalue weighted by molar-refractivity contribution is 0.372. The summed E-state index contributed by atoms with van der Waals surface area (Å²) in [6.45, 7) is 0. The minimum absolute atomic E-state index is 0.305. The monoisotopic (exact) mass is 184 g/mol. The first-order valence-electron chi connectivity index (χ1n) is 3.55. The molecular weight excluding hydrogens is 176 g/mol. The number of rotatable bonds is 0. The molecule has 0 unspecified atom stereocenters. The lowest BCUT2D eigenvalue weighted by Crippen LogP contribution is -1.83. The highest BCUT2D eigenvalue weighted by atomic mass is 16.5. The number of terminal acetylenes is 2. The highest BCUT2D eigenvalue weighted by Crippen LogP contribution is 1.99. The van der Waals surface area contributed by atoms with E-state index in [9.17, 15) is 0 Å². The van der Waals surface area contributed by atoms with E-state index >= 15 is 0 Å². The van der Waals surface area contributed by atoms with Gasteiger partial charge in [0.1, 0.15) is 23.4 Å². The average molecular weight is 184 g/mol. The molecule has 0 saturated carbocycles. The predicted molar refractivity (Wildman–Crippen MR) is 54.3 cm³/mol. The quantitative estimate of drug-likeness (QED) is 0.517. The Morgan fingerprint density at radius 1 is 0.857 bits per heavy atom. The van der Waals surface area contributed by atoms with Crippen LogP contribution in [0.4, 0.5) is 0 Å². The minimum atomic E-state index is 0.305. The summed E-state index contributed by atoms with van der Waals surface area (Å²) in [4.78, 5) is 0. The molecule has 0 aromatic heterocycles. The number of allylic oxidation sites excluding steroid dienone is 2.